The van der Waals surface area contributed by atoms with Crippen LogP contribution in [0.1, 0.15) is 24.8 Å². The topological polar surface area (TPSA) is 26.3 Å². The molecular formula is C14H15FO2. The van der Waals surface area contributed by atoms with Crippen molar-refractivity contribution in [2.45, 2.75) is 25.9 Å². The third-order valence-electron chi connectivity index (χ3n) is 2.91. The standard InChI is InChI=1S/C14H15FO2/c15-13-8-6-12(7-9-13)14(16)17-10-11-4-2-1-3-5-11/h1-5,8,12H,6-7,9-10H2. The molecule has 0 fully saturated rings. The van der Waals surface area contributed by atoms with Gasteiger partial charge in [0, 0.05) is 0 Å². The number of esters is 1. The Morgan fingerprint density at radius 3 is 2.76 bits per heavy atom. The molecular weight excluding hydrogens is 219 g/mol. The number of ether oxygens (including phenoxy) is 1. The quantitative estimate of drug-likeness (QED) is 0.749. The second-order valence-corrected chi connectivity index (χ2v) is 4.22. The van der Waals surface area contributed by atoms with E-state index in [-0.39, 0.29) is 17.7 Å². The SMILES string of the molecule is O=C(OCc1ccccc1)C1CC=C(F)CC1. The van der Waals surface area contributed by atoms with Gasteiger partial charge >= 0.3 is 5.97 Å². The van der Waals surface area contributed by atoms with Gasteiger partial charge in [-0.15, -0.1) is 0 Å². The highest BCUT2D eigenvalue weighted by molar-refractivity contribution is 5.72. The van der Waals surface area contributed by atoms with Gasteiger partial charge in [0.05, 0.1) is 11.7 Å². The first kappa shape index (κ1) is 11.8. The molecule has 1 aromatic carbocycles. The molecule has 3 heteroatoms. The van der Waals surface area contributed by atoms with E-state index in [4.69, 9.17) is 4.74 Å². The van der Waals surface area contributed by atoms with Crippen LogP contribution < -0.4 is 0 Å². The number of hydrogen-bond donors (Lipinski definition) is 0. The molecule has 0 saturated carbocycles. The molecule has 0 saturated heterocycles. The van der Waals surface area contributed by atoms with E-state index in [0.717, 1.165) is 5.56 Å². The first-order valence-corrected chi connectivity index (χ1v) is 5.81. The molecule has 1 aliphatic carbocycles. The first-order valence-electron chi connectivity index (χ1n) is 5.81. The molecule has 1 aromatic rings. The number of allylic oxidation sites excluding steroid dienone is 2. The maximum absolute atomic E-state index is 12.8. The zero-order valence-corrected chi connectivity index (χ0v) is 9.56. The summed E-state index contributed by atoms with van der Waals surface area (Å²) in [5.41, 5.74) is 0.971. The van der Waals surface area contributed by atoms with Crippen molar-refractivity contribution in [1.82, 2.24) is 0 Å². The van der Waals surface area contributed by atoms with Crippen LogP contribution in [0.2, 0.25) is 0 Å². The Balaban J connectivity index is 1.82. The van der Waals surface area contributed by atoms with Gasteiger partial charge in [-0.2, -0.15) is 0 Å². The van der Waals surface area contributed by atoms with Crippen molar-refractivity contribution in [3.8, 4) is 0 Å². The summed E-state index contributed by atoms with van der Waals surface area (Å²) in [6.45, 7) is 0.294. The maximum atomic E-state index is 12.8. The fraction of sp³-hybridized carbons (Fsp3) is 0.357. The molecule has 1 aliphatic rings. The summed E-state index contributed by atoms with van der Waals surface area (Å²) in [5.74, 6) is -0.520. The van der Waals surface area contributed by atoms with Crippen LogP contribution in [0.3, 0.4) is 0 Å². The Bertz CT molecular complexity index is 411. The second kappa shape index (κ2) is 5.62. The number of carbonyl (C=O) groups excluding carboxylic acids is 1. The third-order valence-corrected chi connectivity index (χ3v) is 2.91. The molecule has 0 aliphatic heterocycles. The normalized spacial score (nSPS) is 19.6. The molecule has 1 atom stereocenters. The van der Waals surface area contributed by atoms with E-state index in [0.29, 0.717) is 25.9 Å². The van der Waals surface area contributed by atoms with Crippen LogP contribution in [0.15, 0.2) is 42.2 Å². The van der Waals surface area contributed by atoms with Gasteiger partial charge in [0.25, 0.3) is 0 Å². The maximum Gasteiger partial charge on any atom is 0.309 e. The van der Waals surface area contributed by atoms with Crippen molar-refractivity contribution in [2.24, 2.45) is 5.92 Å². The lowest BCUT2D eigenvalue weighted by Crippen LogP contribution is -2.19. The minimum absolute atomic E-state index is 0.114. The molecule has 1 unspecified atom stereocenters. The van der Waals surface area contributed by atoms with Gasteiger partial charge in [-0.1, -0.05) is 36.4 Å². The molecule has 0 bridgehead atoms. The molecule has 0 radical (unpaired) electrons. The van der Waals surface area contributed by atoms with E-state index in [9.17, 15) is 9.18 Å². The molecule has 0 spiro atoms. The van der Waals surface area contributed by atoms with Crippen molar-refractivity contribution in [3.05, 3.63) is 47.8 Å². The van der Waals surface area contributed by atoms with Crippen LogP contribution in [0.5, 0.6) is 0 Å². The fourth-order valence-electron chi connectivity index (χ4n) is 1.86. The molecule has 0 aromatic heterocycles. The van der Waals surface area contributed by atoms with Crippen molar-refractivity contribution < 1.29 is 13.9 Å². The van der Waals surface area contributed by atoms with Crippen LogP contribution in [0.25, 0.3) is 0 Å². The van der Waals surface area contributed by atoms with E-state index < -0.39 is 0 Å². The molecule has 2 rings (SSSR count). The van der Waals surface area contributed by atoms with Gasteiger partial charge in [0.15, 0.2) is 0 Å². The molecule has 90 valence electrons. The van der Waals surface area contributed by atoms with Gasteiger partial charge in [0.2, 0.25) is 0 Å². The van der Waals surface area contributed by atoms with Gasteiger partial charge in [0.1, 0.15) is 6.61 Å². The highest BCUT2D eigenvalue weighted by Gasteiger charge is 2.22. The monoisotopic (exact) mass is 234 g/mol. The average Bonchev–Trinajstić information content (AvgIpc) is 2.38. The predicted octanol–water partition coefficient (Wildman–Crippen LogP) is 3.38. The van der Waals surface area contributed by atoms with Gasteiger partial charge < -0.3 is 4.74 Å². The van der Waals surface area contributed by atoms with Crippen molar-refractivity contribution in [2.75, 3.05) is 0 Å². The second-order valence-electron chi connectivity index (χ2n) is 4.22. The fourth-order valence-corrected chi connectivity index (χ4v) is 1.86. The van der Waals surface area contributed by atoms with Crippen LogP contribution in [-0.4, -0.2) is 5.97 Å². The van der Waals surface area contributed by atoms with Crippen LogP contribution in [0.4, 0.5) is 4.39 Å². The number of benzene rings is 1. The number of carbonyl (C=O) groups is 1. The van der Waals surface area contributed by atoms with Crippen molar-refractivity contribution in [3.63, 3.8) is 0 Å². The number of halogens is 1. The van der Waals surface area contributed by atoms with Crippen LogP contribution in [0, 0.1) is 5.92 Å². The zero-order chi connectivity index (χ0) is 12.1. The summed E-state index contributed by atoms with van der Waals surface area (Å²) in [5, 5.41) is 0. The summed E-state index contributed by atoms with van der Waals surface area (Å²) in [6.07, 6.45) is 2.85. The minimum atomic E-state index is -0.224. The van der Waals surface area contributed by atoms with E-state index in [2.05, 4.69) is 0 Å². The average molecular weight is 234 g/mol. The molecule has 2 nitrogen and oxygen atoms in total. The Labute approximate surface area is 100 Å². The van der Waals surface area contributed by atoms with Gasteiger partial charge in [-0.05, 0) is 24.8 Å². The summed E-state index contributed by atoms with van der Waals surface area (Å²) in [6, 6.07) is 9.55. The summed E-state index contributed by atoms with van der Waals surface area (Å²) in [7, 11) is 0. The summed E-state index contributed by atoms with van der Waals surface area (Å²) < 4.78 is 18.0. The minimum Gasteiger partial charge on any atom is -0.461 e. The Hall–Kier alpha value is -1.64. The third kappa shape index (κ3) is 3.41. The van der Waals surface area contributed by atoms with Gasteiger partial charge in [-0.3, -0.25) is 4.79 Å². The Kier molecular flexibility index (Phi) is 3.91. The zero-order valence-electron chi connectivity index (χ0n) is 9.56. The highest BCUT2D eigenvalue weighted by atomic mass is 19.1. The summed E-state index contributed by atoms with van der Waals surface area (Å²) >= 11 is 0. The molecule has 17 heavy (non-hydrogen) atoms. The lowest BCUT2D eigenvalue weighted by atomic mass is 9.94. The van der Waals surface area contributed by atoms with Crippen LogP contribution in [-0.2, 0) is 16.1 Å². The Morgan fingerprint density at radius 2 is 2.12 bits per heavy atom. The van der Waals surface area contributed by atoms with E-state index in [1.54, 1.807) is 0 Å². The smallest absolute Gasteiger partial charge is 0.309 e. The molecule has 0 N–H and O–H groups in total. The van der Waals surface area contributed by atoms with Crippen LogP contribution >= 0.6 is 0 Å². The van der Waals surface area contributed by atoms with E-state index >= 15 is 0 Å². The first-order chi connectivity index (χ1) is 8.25. The van der Waals surface area contributed by atoms with Crippen molar-refractivity contribution in [1.29, 1.82) is 0 Å². The lowest BCUT2D eigenvalue weighted by molar-refractivity contribution is -0.150. The highest BCUT2D eigenvalue weighted by Crippen LogP contribution is 2.25. The summed E-state index contributed by atoms with van der Waals surface area (Å²) in [4.78, 5) is 11.7. The van der Waals surface area contributed by atoms with Gasteiger partial charge in [-0.25, -0.2) is 4.39 Å². The predicted molar refractivity (Wildman–Crippen MR) is 62.8 cm³/mol. The van der Waals surface area contributed by atoms with Crippen molar-refractivity contribution >= 4 is 5.97 Å². The van der Waals surface area contributed by atoms with E-state index in [1.165, 1.54) is 6.08 Å². The lowest BCUT2D eigenvalue weighted by Gasteiger charge is -2.17. The molecule has 0 heterocycles. The molecule has 0 amide bonds. The number of rotatable bonds is 3. The van der Waals surface area contributed by atoms with E-state index in [1.807, 2.05) is 30.3 Å². The largest absolute Gasteiger partial charge is 0.461 e. The Morgan fingerprint density at radius 1 is 1.35 bits per heavy atom. The number of hydrogen-bond acceptors (Lipinski definition) is 2.